The van der Waals surface area contributed by atoms with Crippen molar-refractivity contribution in [1.29, 1.82) is 0 Å². The van der Waals surface area contributed by atoms with Gasteiger partial charge in [0.1, 0.15) is 0 Å². The number of amides is 1. The zero-order valence-corrected chi connectivity index (χ0v) is 14.6. The molecule has 0 bridgehead atoms. The maximum absolute atomic E-state index is 12.4. The van der Waals surface area contributed by atoms with Crippen LogP contribution >= 0.6 is 0 Å². The molecular formula is C17H35N3O. The summed E-state index contributed by atoms with van der Waals surface area (Å²) in [5.74, 6) is 0.181. The molecule has 0 saturated heterocycles. The van der Waals surface area contributed by atoms with Crippen molar-refractivity contribution in [3.63, 3.8) is 0 Å². The van der Waals surface area contributed by atoms with Crippen LogP contribution in [0.5, 0.6) is 0 Å². The molecule has 0 aromatic carbocycles. The Hall–Kier alpha value is -0.610. The molecule has 4 heteroatoms. The highest BCUT2D eigenvalue weighted by Gasteiger charge is 2.29. The Balaban J connectivity index is 2.43. The largest absolute Gasteiger partial charge is 0.352 e. The van der Waals surface area contributed by atoms with Crippen LogP contribution in [0.25, 0.3) is 0 Å². The number of rotatable bonds is 8. The van der Waals surface area contributed by atoms with E-state index in [0.29, 0.717) is 18.1 Å². The molecule has 1 amide bonds. The van der Waals surface area contributed by atoms with E-state index in [1.54, 1.807) is 0 Å². The van der Waals surface area contributed by atoms with Gasteiger partial charge in [-0.05, 0) is 59.0 Å². The van der Waals surface area contributed by atoms with Crippen molar-refractivity contribution in [2.75, 3.05) is 13.6 Å². The lowest BCUT2D eigenvalue weighted by molar-refractivity contribution is -0.127. The molecule has 1 aliphatic rings. The van der Waals surface area contributed by atoms with Crippen LogP contribution in [0.15, 0.2) is 0 Å². The van der Waals surface area contributed by atoms with Crippen LogP contribution in [0.1, 0.15) is 66.2 Å². The van der Waals surface area contributed by atoms with Gasteiger partial charge in [-0.2, -0.15) is 0 Å². The van der Waals surface area contributed by atoms with E-state index in [4.69, 9.17) is 0 Å². The Morgan fingerprint density at radius 2 is 1.71 bits per heavy atom. The second kappa shape index (κ2) is 9.42. The highest BCUT2D eigenvalue weighted by molar-refractivity contribution is 5.81. The maximum Gasteiger partial charge on any atom is 0.237 e. The number of likely N-dealkylation sites (N-methyl/N-ethyl adjacent to an activating group) is 1. The van der Waals surface area contributed by atoms with Gasteiger partial charge in [-0.1, -0.05) is 20.8 Å². The number of carbonyl (C=O) groups excluding carboxylic acids is 1. The van der Waals surface area contributed by atoms with Gasteiger partial charge in [0.2, 0.25) is 5.91 Å². The molecule has 1 atom stereocenters. The smallest absolute Gasteiger partial charge is 0.237 e. The number of nitrogens with zero attached hydrogens (tertiary/aromatic N) is 1. The van der Waals surface area contributed by atoms with Crippen molar-refractivity contribution in [3.8, 4) is 0 Å². The summed E-state index contributed by atoms with van der Waals surface area (Å²) in [5, 5.41) is 6.71. The highest BCUT2D eigenvalue weighted by Crippen LogP contribution is 2.23. The first-order valence-corrected chi connectivity index (χ1v) is 8.79. The minimum Gasteiger partial charge on any atom is -0.352 e. The van der Waals surface area contributed by atoms with Crippen LogP contribution in [-0.2, 0) is 4.79 Å². The molecular weight excluding hydrogens is 262 g/mol. The highest BCUT2D eigenvalue weighted by atomic mass is 16.2. The van der Waals surface area contributed by atoms with Crippen LogP contribution in [-0.4, -0.2) is 48.6 Å². The maximum atomic E-state index is 12.4. The van der Waals surface area contributed by atoms with Crippen molar-refractivity contribution < 1.29 is 4.79 Å². The van der Waals surface area contributed by atoms with Gasteiger partial charge in [-0.3, -0.25) is 9.69 Å². The van der Waals surface area contributed by atoms with E-state index in [-0.39, 0.29) is 11.9 Å². The van der Waals surface area contributed by atoms with E-state index in [9.17, 15) is 4.79 Å². The van der Waals surface area contributed by atoms with Crippen LogP contribution < -0.4 is 10.6 Å². The average molecular weight is 297 g/mol. The van der Waals surface area contributed by atoms with E-state index >= 15 is 0 Å². The Bertz CT molecular complexity index is 296. The molecule has 21 heavy (non-hydrogen) atoms. The molecule has 0 aromatic heterocycles. The summed E-state index contributed by atoms with van der Waals surface area (Å²) >= 11 is 0. The third-order valence-corrected chi connectivity index (χ3v) is 5.09. The average Bonchev–Trinajstić information content (AvgIpc) is 2.52. The molecule has 1 aliphatic carbocycles. The molecule has 0 aromatic rings. The minimum absolute atomic E-state index is 0.0358. The molecule has 124 valence electrons. The van der Waals surface area contributed by atoms with E-state index < -0.39 is 0 Å². The zero-order chi connectivity index (χ0) is 15.8. The summed E-state index contributed by atoms with van der Waals surface area (Å²) in [6, 6.07) is 1.50. The zero-order valence-electron chi connectivity index (χ0n) is 14.6. The van der Waals surface area contributed by atoms with Gasteiger partial charge in [-0.25, -0.2) is 0 Å². The number of nitrogens with one attached hydrogen (secondary N) is 2. The normalized spacial score (nSPS) is 24.3. The lowest BCUT2D eigenvalue weighted by Crippen LogP contribution is -2.51. The molecule has 0 heterocycles. The van der Waals surface area contributed by atoms with Crippen LogP contribution in [0.2, 0.25) is 0 Å². The predicted molar refractivity (Wildman–Crippen MR) is 89.5 cm³/mol. The third-order valence-electron chi connectivity index (χ3n) is 5.09. The number of hydrogen-bond acceptors (Lipinski definition) is 3. The van der Waals surface area contributed by atoms with Crippen molar-refractivity contribution in [3.05, 3.63) is 0 Å². The van der Waals surface area contributed by atoms with Gasteiger partial charge >= 0.3 is 0 Å². The first kappa shape index (κ1) is 18.4. The van der Waals surface area contributed by atoms with Crippen molar-refractivity contribution >= 4 is 5.91 Å². The molecule has 0 radical (unpaired) electrons. The summed E-state index contributed by atoms with van der Waals surface area (Å²) in [6.07, 6.45) is 6.85. The SMILES string of the molecule is CCNC1CCC(N(C)C(C)C(=O)NC(CC)CC)CC1. The fraction of sp³-hybridized carbons (Fsp3) is 0.941. The van der Waals surface area contributed by atoms with Crippen LogP contribution in [0.4, 0.5) is 0 Å². The van der Waals surface area contributed by atoms with Crippen molar-refractivity contribution in [2.24, 2.45) is 0 Å². The fourth-order valence-corrected chi connectivity index (χ4v) is 3.29. The van der Waals surface area contributed by atoms with Crippen LogP contribution in [0, 0.1) is 0 Å². The quantitative estimate of drug-likeness (QED) is 0.723. The van der Waals surface area contributed by atoms with Gasteiger partial charge in [0, 0.05) is 18.1 Å². The first-order chi connectivity index (χ1) is 10.0. The van der Waals surface area contributed by atoms with E-state index in [1.807, 2.05) is 6.92 Å². The Morgan fingerprint density at radius 3 is 2.19 bits per heavy atom. The third kappa shape index (κ3) is 5.59. The molecule has 4 nitrogen and oxygen atoms in total. The van der Waals surface area contributed by atoms with Gasteiger partial charge in [0.25, 0.3) is 0 Å². The second-order valence-corrected chi connectivity index (χ2v) is 6.43. The molecule has 1 rings (SSSR count). The van der Waals surface area contributed by atoms with Gasteiger partial charge in [-0.15, -0.1) is 0 Å². The van der Waals surface area contributed by atoms with Gasteiger partial charge in [0.15, 0.2) is 0 Å². The number of hydrogen-bond donors (Lipinski definition) is 2. The van der Waals surface area contributed by atoms with E-state index in [1.165, 1.54) is 25.7 Å². The Kier molecular flexibility index (Phi) is 8.27. The first-order valence-electron chi connectivity index (χ1n) is 8.79. The Morgan fingerprint density at radius 1 is 1.14 bits per heavy atom. The summed E-state index contributed by atoms with van der Waals surface area (Å²) < 4.78 is 0. The van der Waals surface area contributed by atoms with Crippen molar-refractivity contribution in [2.45, 2.75) is 90.4 Å². The predicted octanol–water partition coefficient (Wildman–Crippen LogP) is 2.53. The standard InChI is InChI=1S/C17H35N3O/c1-6-14(7-2)19-17(21)13(4)20(5)16-11-9-15(10-12-16)18-8-3/h13-16,18H,6-12H2,1-5H3,(H,19,21). The van der Waals surface area contributed by atoms with Crippen LogP contribution in [0.3, 0.4) is 0 Å². The summed E-state index contributed by atoms with van der Waals surface area (Å²) in [5.41, 5.74) is 0. The molecule has 2 N–H and O–H groups in total. The molecule has 0 aliphatic heterocycles. The van der Waals surface area contributed by atoms with E-state index in [0.717, 1.165) is 19.4 Å². The summed E-state index contributed by atoms with van der Waals surface area (Å²) in [7, 11) is 2.11. The molecule has 0 spiro atoms. The molecule has 1 saturated carbocycles. The lowest BCUT2D eigenvalue weighted by Gasteiger charge is -2.37. The second-order valence-electron chi connectivity index (χ2n) is 6.43. The van der Waals surface area contributed by atoms with Gasteiger partial charge < -0.3 is 10.6 Å². The summed E-state index contributed by atoms with van der Waals surface area (Å²) in [6.45, 7) is 9.52. The molecule has 1 fully saturated rings. The Labute approximate surface area is 131 Å². The van der Waals surface area contributed by atoms with E-state index in [2.05, 4.69) is 43.4 Å². The number of carbonyl (C=O) groups is 1. The molecule has 1 unspecified atom stereocenters. The minimum atomic E-state index is -0.0358. The monoisotopic (exact) mass is 297 g/mol. The summed E-state index contributed by atoms with van der Waals surface area (Å²) in [4.78, 5) is 14.6. The lowest BCUT2D eigenvalue weighted by atomic mass is 9.89. The van der Waals surface area contributed by atoms with Crippen molar-refractivity contribution in [1.82, 2.24) is 15.5 Å². The topological polar surface area (TPSA) is 44.4 Å². The van der Waals surface area contributed by atoms with Gasteiger partial charge in [0.05, 0.1) is 6.04 Å². The fourth-order valence-electron chi connectivity index (χ4n) is 3.29.